The molecule has 16 heavy (non-hydrogen) atoms. The first-order valence-electron chi connectivity index (χ1n) is 5.90. The zero-order chi connectivity index (χ0) is 11.6. The van der Waals surface area contributed by atoms with Gasteiger partial charge in [0.25, 0.3) is 0 Å². The topological polar surface area (TPSA) is 60.2 Å². The molecule has 0 unspecified atom stereocenters. The Morgan fingerprint density at radius 1 is 1.38 bits per heavy atom. The van der Waals surface area contributed by atoms with Gasteiger partial charge < -0.3 is 15.8 Å². The molecule has 1 aromatic rings. The second-order valence-corrected chi connectivity index (χ2v) is 3.56. The van der Waals surface area contributed by atoms with Crippen molar-refractivity contribution >= 4 is 5.82 Å². The molecule has 0 aliphatic heterocycles. The highest BCUT2D eigenvalue weighted by molar-refractivity contribution is 5.49. The monoisotopic (exact) mass is 223 g/mol. The molecule has 0 atom stereocenters. The van der Waals surface area contributed by atoms with Gasteiger partial charge in [0.15, 0.2) is 11.6 Å². The highest BCUT2D eigenvalue weighted by Gasteiger charge is 2.02. The molecule has 4 nitrogen and oxygen atoms in total. The maximum absolute atomic E-state index is 5.47. The van der Waals surface area contributed by atoms with Crippen molar-refractivity contribution in [1.29, 1.82) is 0 Å². The maximum atomic E-state index is 5.47. The summed E-state index contributed by atoms with van der Waals surface area (Å²) in [5, 5.41) is 3.28. The van der Waals surface area contributed by atoms with Gasteiger partial charge in [-0.1, -0.05) is 6.42 Å². The number of pyridine rings is 1. The molecule has 0 saturated heterocycles. The normalized spacial score (nSPS) is 10.1. The zero-order valence-electron chi connectivity index (χ0n) is 9.91. The van der Waals surface area contributed by atoms with Crippen LogP contribution in [0.1, 0.15) is 26.2 Å². The summed E-state index contributed by atoms with van der Waals surface area (Å²) in [6.45, 7) is 4.32. The predicted octanol–water partition coefficient (Wildman–Crippen LogP) is 2.02. The Hall–Kier alpha value is -1.29. The fourth-order valence-electron chi connectivity index (χ4n) is 1.45. The number of anilines is 1. The van der Waals surface area contributed by atoms with E-state index in [1.807, 2.05) is 19.1 Å². The minimum Gasteiger partial charge on any atom is -0.490 e. The maximum Gasteiger partial charge on any atom is 0.168 e. The molecular weight excluding hydrogens is 202 g/mol. The lowest BCUT2D eigenvalue weighted by atomic mass is 10.2. The number of nitrogens with one attached hydrogen (secondary N) is 1. The first kappa shape index (κ1) is 12.8. The fourth-order valence-corrected chi connectivity index (χ4v) is 1.45. The van der Waals surface area contributed by atoms with Crippen molar-refractivity contribution in [2.24, 2.45) is 5.73 Å². The SMILES string of the molecule is CCOc1cccnc1NCCCCCN. The summed E-state index contributed by atoms with van der Waals surface area (Å²) < 4.78 is 5.47. The lowest BCUT2D eigenvalue weighted by Gasteiger charge is -2.10. The van der Waals surface area contributed by atoms with E-state index in [9.17, 15) is 0 Å². The minimum absolute atomic E-state index is 0.660. The third-order valence-corrected chi connectivity index (χ3v) is 2.24. The van der Waals surface area contributed by atoms with Crippen LogP contribution in [0.4, 0.5) is 5.82 Å². The average Bonchev–Trinajstić information content (AvgIpc) is 2.31. The number of hydrogen-bond acceptors (Lipinski definition) is 4. The summed E-state index contributed by atoms with van der Waals surface area (Å²) in [6.07, 6.45) is 5.12. The molecule has 3 N–H and O–H groups in total. The molecule has 0 saturated carbocycles. The third kappa shape index (κ3) is 4.49. The van der Waals surface area contributed by atoms with Gasteiger partial charge in [0.1, 0.15) is 0 Å². The molecule has 0 spiro atoms. The first-order chi connectivity index (χ1) is 7.88. The van der Waals surface area contributed by atoms with E-state index in [2.05, 4.69) is 10.3 Å². The molecule has 4 heteroatoms. The molecule has 1 rings (SSSR count). The van der Waals surface area contributed by atoms with Crippen LogP contribution in [0.5, 0.6) is 5.75 Å². The van der Waals surface area contributed by atoms with Crippen LogP contribution in [0.2, 0.25) is 0 Å². The fraction of sp³-hybridized carbons (Fsp3) is 0.583. The summed E-state index contributed by atoms with van der Waals surface area (Å²) in [6, 6.07) is 3.81. The molecular formula is C12H21N3O. The number of nitrogens with two attached hydrogens (primary N) is 1. The summed E-state index contributed by atoms with van der Waals surface area (Å²) >= 11 is 0. The van der Waals surface area contributed by atoms with Crippen LogP contribution in [0.3, 0.4) is 0 Å². The number of rotatable bonds is 8. The van der Waals surface area contributed by atoms with E-state index in [4.69, 9.17) is 10.5 Å². The highest BCUT2D eigenvalue weighted by Crippen LogP contribution is 2.20. The molecule has 0 aliphatic carbocycles. The molecule has 90 valence electrons. The van der Waals surface area contributed by atoms with Gasteiger partial charge >= 0.3 is 0 Å². The number of nitrogens with zero attached hydrogens (tertiary/aromatic N) is 1. The van der Waals surface area contributed by atoms with Gasteiger partial charge in [0.05, 0.1) is 6.61 Å². The molecule has 0 aliphatic rings. The van der Waals surface area contributed by atoms with Gasteiger partial charge in [-0.05, 0) is 38.4 Å². The largest absolute Gasteiger partial charge is 0.490 e. The standard InChI is InChI=1S/C12H21N3O/c1-2-16-11-7-6-10-15-12(11)14-9-5-3-4-8-13/h6-7,10H,2-5,8-9,13H2,1H3,(H,14,15). The van der Waals surface area contributed by atoms with Crippen molar-refractivity contribution in [3.05, 3.63) is 18.3 Å². The van der Waals surface area contributed by atoms with E-state index in [0.717, 1.165) is 43.9 Å². The summed E-state index contributed by atoms with van der Waals surface area (Å²) in [4.78, 5) is 4.25. The second-order valence-electron chi connectivity index (χ2n) is 3.56. The molecule has 0 bridgehead atoms. The van der Waals surface area contributed by atoms with Crippen LogP contribution in [-0.4, -0.2) is 24.7 Å². The minimum atomic E-state index is 0.660. The van der Waals surface area contributed by atoms with Crippen LogP contribution in [0.15, 0.2) is 18.3 Å². The highest BCUT2D eigenvalue weighted by atomic mass is 16.5. The third-order valence-electron chi connectivity index (χ3n) is 2.24. The van der Waals surface area contributed by atoms with Crippen molar-refractivity contribution in [1.82, 2.24) is 4.98 Å². The average molecular weight is 223 g/mol. The van der Waals surface area contributed by atoms with Crippen molar-refractivity contribution in [3.8, 4) is 5.75 Å². The van der Waals surface area contributed by atoms with Crippen LogP contribution >= 0.6 is 0 Å². The van der Waals surface area contributed by atoms with Gasteiger partial charge in [0, 0.05) is 12.7 Å². The van der Waals surface area contributed by atoms with Crippen LogP contribution in [-0.2, 0) is 0 Å². The van der Waals surface area contributed by atoms with Gasteiger partial charge in [-0.25, -0.2) is 4.98 Å². The van der Waals surface area contributed by atoms with Crippen molar-refractivity contribution in [3.63, 3.8) is 0 Å². The first-order valence-corrected chi connectivity index (χ1v) is 5.90. The molecule has 0 fully saturated rings. The van der Waals surface area contributed by atoms with E-state index in [1.165, 1.54) is 0 Å². The number of ether oxygens (including phenoxy) is 1. The Morgan fingerprint density at radius 2 is 2.25 bits per heavy atom. The summed E-state index contributed by atoms with van der Waals surface area (Å²) in [5.41, 5.74) is 5.43. The molecule has 1 aromatic heterocycles. The van der Waals surface area contributed by atoms with E-state index >= 15 is 0 Å². The summed E-state index contributed by atoms with van der Waals surface area (Å²) in [5.74, 6) is 1.65. The molecule has 0 aromatic carbocycles. The number of hydrogen-bond donors (Lipinski definition) is 2. The molecule has 0 radical (unpaired) electrons. The number of aromatic nitrogens is 1. The van der Waals surface area contributed by atoms with E-state index < -0.39 is 0 Å². The van der Waals surface area contributed by atoms with Crippen molar-refractivity contribution < 1.29 is 4.74 Å². The second kappa shape index (κ2) is 7.93. The number of unbranched alkanes of at least 4 members (excludes halogenated alkanes) is 2. The van der Waals surface area contributed by atoms with E-state index in [-0.39, 0.29) is 0 Å². The molecule has 1 heterocycles. The predicted molar refractivity (Wildman–Crippen MR) is 66.8 cm³/mol. The van der Waals surface area contributed by atoms with Gasteiger partial charge in [0.2, 0.25) is 0 Å². The van der Waals surface area contributed by atoms with Crippen LogP contribution in [0, 0.1) is 0 Å². The Bertz CT molecular complexity index is 291. The van der Waals surface area contributed by atoms with Gasteiger partial charge in [-0.2, -0.15) is 0 Å². The Morgan fingerprint density at radius 3 is 3.00 bits per heavy atom. The van der Waals surface area contributed by atoms with Crippen LogP contribution in [0.25, 0.3) is 0 Å². The zero-order valence-corrected chi connectivity index (χ0v) is 9.91. The Kier molecular flexibility index (Phi) is 6.33. The van der Waals surface area contributed by atoms with E-state index in [0.29, 0.717) is 6.61 Å². The van der Waals surface area contributed by atoms with Gasteiger partial charge in [-0.15, -0.1) is 0 Å². The van der Waals surface area contributed by atoms with Crippen molar-refractivity contribution in [2.45, 2.75) is 26.2 Å². The Balaban J connectivity index is 2.34. The smallest absolute Gasteiger partial charge is 0.168 e. The van der Waals surface area contributed by atoms with E-state index in [1.54, 1.807) is 6.20 Å². The van der Waals surface area contributed by atoms with Crippen molar-refractivity contribution in [2.75, 3.05) is 25.0 Å². The lowest BCUT2D eigenvalue weighted by Crippen LogP contribution is -2.07. The van der Waals surface area contributed by atoms with Gasteiger partial charge in [-0.3, -0.25) is 0 Å². The quantitative estimate of drug-likeness (QED) is 0.662. The molecule has 0 amide bonds. The lowest BCUT2D eigenvalue weighted by molar-refractivity contribution is 0.340. The Labute approximate surface area is 97.2 Å². The van der Waals surface area contributed by atoms with Crippen LogP contribution < -0.4 is 15.8 Å². The summed E-state index contributed by atoms with van der Waals surface area (Å²) in [7, 11) is 0.